The van der Waals surface area contributed by atoms with Gasteiger partial charge < -0.3 is 5.32 Å². The van der Waals surface area contributed by atoms with Crippen LogP contribution in [0.3, 0.4) is 0 Å². The Morgan fingerprint density at radius 3 is 2.67 bits per heavy atom. The topological polar surface area (TPSA) is 58.5 Å². The maximum atomic E-state index is 11.5. The number of nitrogens with zero attached hydrogens (tertiary/aromatic N) is 1. The molecule has 1 unspecified atom stereocenters. The Morgan fingerprint density at radius 1 is 1.40 bits per heavy atom. The highest BCUT2D eigenvalue weighted by Crippen LogP contribution is 2.22. The minimum Gasteiger partial charge on any atom is -0.356 e. The number of carbonyl (C=O) groups is 1. The van der Waals surface area contributed by atoms with Gasteiger partial charge >= 0.3 is 0 Å². The first-order valence-corrected chi connectivity index (χ1v) is 5.81. The highest BCUT2D eigenvalue weighted by molar-refractivity contribution is 5.78. The summed E-state index contributed by atoms with van der Waals surface area (Å²) in [6, 6.07) is 0. The van der Waals surface area contributed by atoms with Gasteiger partial charge in [0.15, 0.2) is 0 Å². The minimum absolute atomic E-state index is 0.0415. The summed E-state index contributed by atoms with van der Waals surface area (Å²) in [4.78, 5) is 21.5. The van der Waals surface area contributed by atoms with Crippen LogP contribution in [0, 0.1) is 16.7 Å². The van der Waals surface area contributed by atoms with Crippen molar-refractivity contribution in [2.75, 3.05) is 13.1 Å². The Bertz CT molecular complexity index is 213. The molecule has 0 aromatic carbocycles. The predicted octanol–water partition coefficient (Wildman–Crippen LogP) is 2.09. The molecule has 15 heavy (non-hydrogen) atoms. The van der Waals surface area contributed by atoms with E-state index in [-0.39, 0.29) is 18.4 Å². The molecule has 4 heteroatoms. The van der Waals surface area contributed by atoms with E-state index < -0.39 is 0 Å². The number of nitrogens with one attached hydrogen (secondary N) is 1. The van der Waals surface area contributed by atoms with Crippen LogP contribution < -0.4 is 5.32 Å². The summed E-state index contributed by atoms with van der Waals surface area (Å²) in [5, 5.41) is 5.64. The van der Waals surface area contributed by atoms with Crippen molar-refractivity contribution in [3.8, 4) is 0 Å². The zero-order valence-corrected chi connectivity index (χ0v) is 9.37. The van der Waals surface area contributed by atoms with Gasteiger partial charge in [0.05, 0.1) is 12.5 Å². The molecule has 0 spiro atoms. The molecule has 0 aliphatic heterocycles. The number of nitroso groups, excluding NO2 is 1. The quantitative estimate of drug-likeness (QED) is 0.709. The summed E-state index contributed by atoms with van der Waals surface area (Å²) >= 11 is 0. The average molecular weight is 212 g/mol. The molecule has 1 atom stereocenters. The van der Waals surface area contributed by atoms with Crippen molar-refractivity contribution in [2.24, 2.45) is 17.0 Å². The second kappa shape index (κ2) is 6.53. The predicted molar refractivity (Wildman–Crippen MR) is 59.4 cm³/mol. The fourth-order valence-corrected chi connectivity index (χ4v) is 2.01. The Balaban J connectivity index is 2.17. The van der Waals surface area contributed by atoms with Crippen LogP contribution in [0.1, 0.15) is 39.0 Å². The summed E-state index contributed by atoms with van der Waals surface area (Å²) in [6.45, 7) is 2.58. The summed E-state index contributed by atoms with van der Waals surface area (Å²) in [6.07, 6.45) is 6.34. The van der Waals surface area contributed by atoms with E-state index >= 15 is 0 Å². The van der Waals surface area contributed by atoms with Gasteiger partial charge in [0.2, 0.25) is 5.91 Å². The molecule has 0 bridgehead atoms. The third-order valence-corrected chi connectivity index (χ3v) is 3.09. The number of rotatable bonds is 5. The first-order valence-electron chi connectivity index (χ1n) is 5.81. The zero-order valence-electron chi connectivity index (χ0n) is 9.37. The maximum absolute atomic E-state index is 11.5. The second-order valence-electron chi connectivity index (χ2n) is 4.46. The second-order valence-corrected chi connectivity index (χ2v) is 4.46. The molecule has 1 amide bonds. The van der Waals surface area contributed by atoms with Crippen LogP contribution in [0.2, 0.25) is 0 Å². The van der Waals surface area contributed by atoms with Crippen molar-refractivity contribution in [1.29, 1.82) is 0 Å². The van der Waals surface area contributed by atoms with Crippen LogP contribution in [0.5, 0.6) is 0 Å². The van der Waals surface area contributed by atoms with Crippen LogP contribution in [0.25, 0.3) is 0 Å². The number of hydrogen-bond acceptors (Lipinski definition) is 3. The number of carbonyl (C=O) groups excluding carboxylic acids is 1. The lowest BCUT2D eigenvalue weighted by atomic mass is 9.89. The van der Waals surface area contributed by atoms with Gasteiger partial charge in [0.25, 0.3) is 0 Å². The van der Waals surface area contributed by atoms with E-state index in [2.05, 4.69) is 10.5 Å². The first kappa shape index (κ1) is 12.1. The lowest BCUT2D eigenvalue weighted by Crippen LogP contribution is -2.34. The first-order chi connectivity index (χ1) is 7.24. The molecule has 1 aliphatic carbocycles. The fraction of sp³-hybridized carbons (Fsp3) is 0.909. The van der Waals surface area contributed by atoms with Gasteiger partial charge in [0, 0.05) is 6.54 Å². The molecule has 1 aliphatic rings. The van der Waals surface area contributed by atoms with Crippen LogP contribution in [-0.2, 0) is 4.79 Å². The SMILES string of the molecule is CC(CN=O)C(=O)NCC1CCCCC1. The monoisotopic (exact) mass is 212 g/mol. The minimum atomic E-state index is -0.286. The molecule has 1 fully saturated rings. The molecule has 0 radical (unpaired) electrons. The Labute approximate surface area is 90.8 Å². The molecular formula is C11H20N2O2. The summed E-state index contributed by atoms with van der Waals surface area (Å²) in [7, 11) is 0. The van der Waals surface area contributed by atoms with E-state index in [1.807, 2.05) is 0 Å². The van der Waals surface area contributed by atoms with Crippen molar-refractivity contribution in [1.82, 2.24) is 5.32 Å². The van der Waals surface area contributed by atoms with Gasteiger partial charge in [-0.25, -0.2) is 0 Å². The Hall–Kier alpha value is -0.930. The van der Waals surface area contributed by atoms with Gasteiger partial charge in [-0.15, -0.1) is 0 Å². The maximum Gasteiger partial charge on any atom is 0.224 e. The van der Waals surface area contributed by atoms with Gasteiger partial charge in [-0.3, -0.25) is 4.79 Å². The highest BCUT2D eigenvalue weighted by atomic mass is 16.3. The summed E-state index contributed by atoms with van der Waals surface area (Å²) in [5.41, 5.74) is 0. The van der Waals surface area contributed by atoms with Gasteiger partial charge in [-0.05, 0) is 18.8 Å². The van der Waals surface area contributed by atoms with Crippen molar-refractivity contribution in [3.63, 3.8) is 0 Å². The third-order valence-electron chi connectivity index (χ3n) is 3.09. The normalized spacial score (nSPS) is 19.5. The molecule has 1 saturated carbocycles. The Kier molecular flexibility index (Phi) is 5.29. The average Bonchev–Trinajstić information content (AvgIpc) is 2.27. The lowest BCUT2D eigenvalue weighted by molar-refractivity contribution is -0.124. The standard InChI is InChI=1S/C11H20N2O2/c1-9(7-13-15)11(14)12-8-10-5-3-2-4-6-10/h9-10H,2-8H2,1H3,(H,12,14). The van der Waals surface area contributed by atoms with E-state index in [9.17, 15) is 9.70 Å². The molecule has 0 heterocycles. The van der Waals surface area contributed by atoms with Gasteiger partial charge in [-0.2, -0.15) is 4.91 Å². The molecule has 86 valence electrons. The number of amides is 1. The van der Waals surface area contributed by atoms with E-state index in [1.54, 1.807) is 6.92 Å². The molecule has 0 aromatic heterocycles. The van der Waals surface area contributed by atoms with Crippen molar-refractivity contribution in [3.05, 3.63) is 4.91 Å². The lowest BCUT2D eigenvalue weighted by Gasteiger charge is -2.22. The molecular weight excluding hydrogens is 192 g/mol. The van der Waals surface area contributed by atoms with Crippen molar-refractivity contribution >= 4 is 5.91 Å². The highest BCUT2D eigenvalue weighted by Gasteiger charge is 2.17. The summed E-state index contributed by atoms with van der Waals surface area (Å²) in [5.74, 6) is 0.311. The smallest absolute Gasteiger partial charge is 0.224 e. The van der Waals surface area contributed by atoms with Crippen LogP contribution in [-0.4, -0.2) is 19.0 Å². The summed E-state index contributed by atoms with van der Waals surface area (Å²) < 4.78 is 0. The molecule has 4 nitrogen and oxygen atoms in total. The van der Waals surface area contributed by atoms with Crippen LogP contribution in [0.15, 0.2) is 5.18 Å². The fourth-order valence-electron chi connectivity index (χ4n) is 2.01. The molecule has 0 aromatic rings. The molecule has 0 saturated heterocycles. The van der Waals surface area contributed by atoms with E-state index in [0.29, 0.717) is 5.92 Å². The van der Waals surface area contributed by atoms with E-state index in [1.165, 1.54) is 32.1 Å². The molecule has 1 rings (SSSR count). The Morgan fingerprint density at radius 2 is 2.07 bits per heavy atom. The zero-order chi connectivity index (χ0) is 11.1. The van der Waals surface area contributed by atoms with E-state index in [4.69, 9.17) is 0 Å². The third kappa shape index (κ3) is 4.40. The van der Waals surface area contributed by atoms with Gasteiger partial charge in [-0.1, -0.05) is 31.4 Å². The van der Waals surface area contributed by atoms with Crippen LogP contribution in [0.4, 0.5) is 0 Å². The van der Waals surface area contributed by atoms with Crippen molar-refractivity contribution < 1.29 is 4.79 Å². The number of hydrogen-bond donors (Lipinski definition) is 1. The van der Waals surface area contributed by atoms with Crippen molar-refractivity contribution in [2.45, 2.75) is 39.0 Å². The van der Waals surface area contributed by atoms with E-state index in [0.717, 1.165) is 6.54 Å². The van der Waals surface area contributed by atoms with Crippen LogP contribution >= 0.6 is 0 Å². The molecule has 1 N–H and O–H groups in total. The van der Waals surface area contributed by atoms with Gasteiger partial charge in [0.1, 0.15) is 0 Å². The largest absolute Gasteiger partial charge is 0.356 e.